The van der Waals surface area contributed by atoms with E-state index in [-0.39, 0.29) is 11.5 Å². The van der Waals surface area contributed by atoms with Crippen LogP contribution in [0, 0.1) is 5.92 Å². The Bertz CT molecular complexity index is 501. The zero-order valence-electron chi connectivity index (χ0n) is 10.6. The molecule has 0 saturated heterocycles. The van der Waals surface area contributed by atoms with Gasteiger partial charge in [0.05, 0.1) is 11.5 Å². The lowest BCUT2D eigenvalue weighted by Crippen LogP contribution is -2.28. The summed E-state index contributed by atoms with van der Waals surface area (Å²) in [6.07, 6.45) is 6.15. The minimum atomic E-state index is -3.44. The number of aryl methyl sites for hydroxylation is 1. The Morgan fingerprint density at radius 2 is 2.11 bits per heavy atom. The molecule has 0 atom stereocenters. The Morgan fingerprint density at radius 3 is 2.67 bits per heavy atom. The van der Waals surface area contributed by atoms with Crippen molar-refractivity contribution in [2.75, 3.05) is 6.54 Å². The van der Waals surface area contributed by atoms with Crippen molar-refractivity contribution >= 4 is 10.0 Å². The van der Waals surface area contributed by atoms with Gasteiger partial charge in [0.1, 0.15) is 0 Å². The van der Waals surface area contributed by atoms with E-state index < -0.39 is 10.0 Å². The van der Waals surface area contributed by atoms with E-state index in [2.05, 4.69) is 4.72 Å². The molecule has 1 saturated carbocycles. The van der Waals surface area contributed by atoms with Crippen molar-refractivity contribution in [2.24, 2.45) is 13.0 Å². The zero-order chi connectivity index (χ0) is 13.2. The second kappa shape index (κ2) is 5.42. The highest BCUT2D eigenvalue weighted by molar-refractivity contribution is 7.89. The largest absolute Gasteiger partial charge is 0.390 e. The monoisotopic (exact) mass is 272 g/mol. The molecule has 0 bridgehead atoms. The summed E-state index contributed by atoms with van der Waals surface area (Å²) >= 11 is 0. The van der Waals surface area contributed by atoms with Crippen LogP contribution in [0.2, 0.25) is 0 Å². The number of hydrogen-bond acceptors (Lipinski definition) is 3. The van der Waals surface area contributed by atoms with Crippen LogP contribution in [-0.4, -0.2) is 24.6 Å². The second-order valence-electron chi connectivity index (χ2n) is 4.94. The molecule has 6 heteroatoms. The van der Waals surface area contributed by atoms with Crippen LogP contribution in [0.4, 0.5) is 0 Å². The van der Waals surface area contributed by atoms with Crippen LogP contribution < -0.4 is 4.72 Å². The van der Waals surface area contributed by atoms with Gasteiger partial charge in [-0.05, 0) is 24.8 Å². The standard InChI is InChI=1S/C12H20N2O3S/c1-14-8-12(6-11(14)9-15)18(16,17)13-7-10-4-2-3-5-10/h6,8,10,13,15H,2-5,7,9H2,1H3. The number of aliphatic hydroxyl groups is 1. The predicted molar refractivity (Wildman–Crippen MR) is 68.5 cm³/mol. The van der Waals surface area contributed by atoms with E-state index in [0.717, 1.165) is 12.8 Å². The fraction of sp³-hybridized carbons (Fsp3) is 0.667. The molecule has 2 rings (SSSR count). The van der Waals surface area contributed by atoms with Crippen LogP contribution >= 0.6 is 0 Å². The Hall–Kier alpha value is -0.850. The number of aliphatic hydroxyl groups excluding tert-OH is 1. The molecule has 0 amide bonds. The molecule has 0 aliphatic heterocycles. The van der Waals surface area contributed by atoms with Crippen LogP contribution in [0.5, 0.6) is 0 Å². The highest BCUT2D eigenvalue weighted by Crippen LogP contribution is 2.24. The van der Waals surface area contributed by atoms with Gasteiger partial charge >= 0.3 is 0 Å². The van der Waals surface area contributed by atoms with Crippen molar-refractivity contribution in [2.45, 2.75) is 37.2 Å². The van der Waals surface area contributed by atoms with Gasteiger partial charge in [0.25, 0.3) is 0 Å². The van der Waals surface area contributed by atoms with E-state index >= 15 is 0 Å². The second-order valence-corrected chi connectivity index (χ2v) is 6.71. The maximum atomic E-state index is 12.1. The van der Waals surface area contributed by atoms with Gasteiger partial charge in [-0.3, -0.25) is 0 Å². The summed E-state index contributed by atoms with van der Waals surface area (Å²) in [5.74, 6) is 0.473. The maximum Gasteiger partial charge on any atom is 0.242 e. The minimum absolute atomic E-state index is 0.158. The lowest BCUT2D eigenvalue weighted by Gasteiger charge is -2.10. The topological polar surface area (TPSA) is 71.3 Å². The number of nitrogens with one attached hydrogen (secondary N) is 1. The Labute approximate surface area is 108 Å². The average Bonchev–Trinajstić information content (AvgIpc) is 2.95. The molecule has 1 heterocycles. The first kappa shape index (κ1) is 13.6. The molecule has 18 heavy (non-hydrogen) atoms. The Balaban J connectivity index is 2.04. The van der Waals surface area contributed by atoms with Gasteiger partial charge in [-0.15, -0.1) is 0 Å². The molecule has 1 aromatic heterocycles. The molecule has 0 unspecified atom stereocenters. The molecule has 0 radical (unpaired) electrons. The summed E-state index contributed by atoms with van der Waals surface area (Å²) in [6.45, 7) is 0.361. The molecule has 102 valence electrons. The molecular weight excluding hydrogens is 252 g/mol. The molecule has 1 aliphatic rings. The molecule has 0 spiro atoms. The van der Waals surface area contributed by atoms with E-state index in [9.17, 15) is 8.42 Å². The first-order valence-electron chi connectivity index (χ1n) is 6.28. The molecule has 1 aromatic rings. The van der Waals surface area contributed by atoms with E-state index in [4.69, 9.17) is 5.11 Å². The molecular formula is C12H20N2O3S. The van der Waals surface area contributed by atoms with Crippen LogP contribution in [0.25, 0.3) is 0 Å². The number of rotatable bonds is 5. The first-order valence-corrected chi connectivity index (χ1v) is 7.77. The van der Waals surface area contributed by atoms with Gasteiger partial charge < -0.3 is 9.67 Å². The summed E-state index contributed by atoms with van der Waals surface area (Å²) in [5.41, 5.74) is 0.594. The van der Waals surface area contributed by atoms with Crippen molar-refractivity contribution in [1.29, 1.82) is 0 Å². The predicted octanol–water partition coefficient (Wildman–Crippen LogP) is 0.986. The van der Waals surface area contributed by atoms with Crippen LogP contribution in [0.1, 0.15) is 31.4 Å². The van der Waals surface area contributed by atoms with E-state index in [1.807, 2.05) is 0 Å². The van der Waals surface area contributed by atoms with Gasteiger partial charge in [0.2, 0.25) is 10.0 Å². The van der Waals surface area contributed by atoms with Crippen LogP contribution in [-0.2, 0) is 23.7 Å². The van der Waals surface area contributed by atoms with Crippen LogP contribution in [0.3, 0.4) is 0 Å². The highest BCUT2D eigenvalue weighted by Gasteiger charge is 2.21. The normalized spacial score (nSPS) is 17.4. The molecule has 1 fully saturated rings. The number of sulfonamides is 1. The SMILES string of the molecule is Cn1cc(S(=O)(=O)NCC2CCCC2)cc1CO. The third kappa shape index (κ3) is 2.93. The number of hydrogen-bond donors (Lipinski definition) is 2. The average molecular weight is 272 g/mol. The Morgan fingerprint density at radius 1 is 1.44 bits per heavy atom. The summed E-state index contributed by atoms with van der Waals surface area (Å²) in [4.78, 5) is 0.229. The van der Waals surface area contributed by atoms with Gasteiger partial charge in [-0.1, -0.05) is 12.8 Å². The van der Waals surface area contributed by atoms with E-state index in [1.54, 1.807) is 11.6 Å². The zero-order valence-corrected chi connectivity index (χ0v) is 11.4. The van der Waals surface area contributed by atoms with Crippen molar-refractivity contribution < 1.29 is 13.5 Å². The first-order chi connectivity index (χ1) is 8.53. The Kier molecular flexibility index (Phi) is 4.09. The van der Waals surface area contributed by atoms with E-state index in [0.29, 0.717) is 18.2 Å². The maximum absolute atomic E-state index is 12.1. The smallest absolute Gasteiger partial charge is 0.242 e. The summed E-state index contributed by atoms with van der Waals surface area (Å²) < 4.78 is 28.4. The van der Waals surface area contributed by atoms with Gasteiger partial charge in [-0.25, -0.2) is 13.1 Å². The van der Waals surface area contributed by atoms with Gasteiger partial charge in [0.15, 0.2) is 0 Å². The lowest BCUT2D eigenvalue weighted by atomic mass is 10.1. The third-order valence-corrected chi connectivity index (χ3v) is 4.98. The lowest BCUT2D eigenvalue weighted by molar-refractivity contribution is 0.272. The summed E-state index contributed by atoms with van der Waals surface area (Å²) in [5, 5.41) is 9.06. The van der Waals surface area contributed by atoms with Crippen LogP contribution in [0.15, 0.2) is 17.2 Å². The van der Waals surface area contributed by atoms with Gasteiger partial charge in [0, 0.05) is 25.5 Å². The quantitative estimate of drug-likeness (QED) is 0.839. The van der Waals surface area contributed by atoms with Gasteiger partial charge in [-0.2, -0.15) is 0 Å². The number of aromatic nitrogens is 1. The van der Waals surface area contributed by atoms with Crippen molar-refractivity contribution in [3.63, 3.8) is 0 Å². The van der Waals surface area contributed by atoms with Crippen molar-refractivity contribution in [3.05, 3.63) is 18.0 Å². The van der Waals surface area contributed by atoms with Crippen molar-refractivity contribution in [3.8, 4) is 0 Å². The minimum Gasteiger partial charge on any atom is -0.390 e. The summed E-state index contributed by atoms with van der Waals surface area (Å²) in [6, 6.07) is 1.51. The molecule has 5 nitrogen and oxygen atoms in total. The molecule has 0 aromatic carbocycles. The fourth-order valence-corrected chi connectivity index (χ4v) is 3.62. The van der Waals surface area contributed by atoms with Crippen molar-refractivity contribution in [1.82, 2.24) is 9.29 Å². The fourth-order valence-electron chi connectivity index (χ4n) is 2.41. The third-order valence-electron chi connectivity index (χ3n) is 3.59. The highest BCUT2D eigenvalue weighted by atomic mass is 32.2. The molecule has 1 aliphatic carbocycles. The summed E-state index contributed by atoms with van der Waals surface area (Å²) in [7, 11) is -1.72. The number of nitrogens with zero attached hydrogens (tertiary/aromatic N) is 1. The molecule has 2 N–H and O–H groups in total. The van der Waals surface area contributed by atoms with E-state index in [1.165, 1.54) is 25.1 Å².